The Morgan fingerprint density at radius 1 is 1.00 bits per heavy atom. The van der Waals surface area contributed by atoms with Crippen molar-refractivity contribution in [3.63, 3.8) is 0 Å². The minimum absolute atomic E-state index is 0.0631. The molecule has 0 spiro atoms. The number of para-hydroxylation sites is 1. The summed E-state index contributed by atoms with van der Waals surface area (Å²) in [5, 5.41) is 0.563. The Morgan fingerprint density at radius 3 is 2.35 bits per heavy atom. The lowest BCUT2D eigenvalue weighted by Crippen LogP contribution is -2.15. The molecule has 0 aliphatic rings. The number of hydrogen-bond donors (Lipinski definition) is 0. The summed E-state index contributed by atoms with van der Waals surface area (Å²) in [4.78, 5) is 47.6. The molecule has 1 aromatic heterocycles. The van der Waals surface area contributed by atoms with Gasteiger partial charge >= 0.3 is 24.9 Å². The van der Waals surface area contributed by atoms with Crippen molar-refractivity contribution in [2.24, 2.45) is 0 Å². The van der Waals surface area contributed by atoms with Gasteiger partial charge in [0.15, 0.2) is 5.69 Å². The standard InChI is InChI=1S/C13H7NO6/c15-6-19-12(17)9-5-8-3-1-2-4-10(8)14-11(9)13(18)20-7-16/h1-7H. The van der Waals surface area contributed by atoms with Gasteiger partial charge in [0, 0.05) is 5.39 Å². The molecule has 100 valence electrons. The summed E-state index contributed by atoms with van der Waals surface area (Å²) < 4.78 is 8.36. The maximum Gasteiger partial charge on any atom is 0.365 e. The molecular formula is C13H7NO6. The molecule has 0 atom stereocenters. The van der Waals surface area contributed by atoms with Crippen molar-refractivity contribution in [3.05, 3.63) is 41.6 Å². The Bertz CT molecular complexity index is 649. The monoisotopic (exact) mass is 273 g/mol. The van der Waals surface area contributed by atoms with Gasteiger partial charge in [-0.1, -0.05) is 18.2 Å². The Kier molecular flexibility index (Phi) is 3.80. The van der Waals surface area contributed by atoms with E-state index in [1.807, 2.05) is 0 Å². The normalized spacial score (nSPS) is 9.80. The van der Waals surface area contributed by atoms with Gasteiger partial charge in [-0.3, -0.25) is 9.59 Å². The molecule has 1 heterocycles. The van der Waals surface area contributed by atoms with Crippen LogP contribution in [-0.2, 0) is 19.1 Å². The van der Waals surface area contributed by atoms with Gasteiger partial charge < -0.3 is 9.47 Å². The van der Waals surface area contributed by atoms with Crippen LogP contribution in [0.2, 0.25) is 0 Å². The van der Waals surface area contributed by atoms with E-state index < -0.39 is 17.6 Å². The van der Waals surface area contributed by atoms with Gasteiger partial charge in [0.25, 0.3) is 0 Å². The molecule has 20 heavy (non-hydrogen) atoms. The fourth-order valence-electron chi connectivity index (χ4n) is 1.63. The predicted octanol–water partition coefficient (Wildman–Crippen LogP) is 0.861. The zero-order chi connectivity index (χ0) is 14.5. The lowest BCUT2D eigenvalue weighted by Gasteiger charge is -2.06. The molecule has 0 aliphatic carbocycles. The van der Waals surface area contributed by atoms with Crippen LogP contribution in [0.5, 0.6) is 0 Å². The SMILES string of the molecule is O=COC(=O)c1cc2ccccc2nc1C(=O)OC=O. The van der Waals surface area contributed by atoms with Crippen LogP contribution in [0.15, 0.2) is 30.3 Å². The number of carbonyl (C=O) groups is 4. The van der Waals surface area contributed by atoms with Crippen molar-refractivity contribution in [1.82, 2.24) is 4.98 Å². The maximum atomic E-state index is 11.6. The van der Waals surface area contributed by atoms with E-state index in [4.69, 9.17) is 0 Å². The second kappa shape index (κ2) is 5.70. The minimum atomic E-state index is -1.11. The van der Waals surface area contributed by atoms with Crippen LogP contribution in [0.4, 0.5) is 0 Å². The van der Waals surface area contributed by atoms with Gasteiger partial charge in [0.1, 0.15) is 0 Å². The third-order valence-corrected chi connectivity index (χ3v) is 2.45. The number of fused-ring (bicyclic) bond motifs is 1. The van der Waals surface area contributed by atoms with Gasteiger partial charge in [-0.15, -0.1) is 0 Å². The smallest absolute Gasteiger partial charge is 0.365 e. The van der Waals surface area contributed by atoms with E-state index in [0.29, 0.717) is 10.9 Å². The van der Waals surface area contributed by atoms with E-state index in [-0.39, 0.29) is 18.5 Å². The summed E-state index contributed by atoms with van der Waals surface area (Å²) in [6.07, 6.45) is 0. The van der Waals surface area contributed by atoms with Gasteiger partial charge in [0.2, 0.25) is 0 Å². The van der Waals surface area contributed by atoms with Crippen LogP contribution >= 0.6 is 0 Å². The van der Waals surface area contributed by atoms with Crippen LogP contribution < -0.4 is 0 Å². The molecule has 2 rings (SSSR count). The third kappa shape index (κ3) is 2.51. The highest BCUT2D eigenvalue weighted by Crippen LogP contribution is 2.18. The third-order valence-electron chi connectivity index (χ3n) is 2.45. The van der Waals surface area contributed by atoms with E-state index in [0.717, 1.165) is 0 Å². The van der Waals surface area contributed by atoms with E-state index in [9.17, 15) is 19.2 Å². The fraction of sp³-hybridized carbons (Fsp3) is 0. The molecule has 0 aliphatic heterocycles. The number of benzene rings is 1. The Labute approximate surface area is 112 Å². The number of carbonyl (C=O) groups excluding carboxylic acids is 4. The second-order valence-electron chi connectivity index (χ2n) is 3.58. The molecule has 0 amide bonds. The van der Waals surface area contributed by atoms with Crippen LogP contribution in [0.3, 0.4) is 0 Å². The number of rotatable bonds is 4. The molecule has 2 aromatic rings. The second-order valence-corrected chi connectivity index (χ2v) is 3.58. The molecule has 0 N–H and O–H groups in total. The van der Waals surface area contributed by atoms with Gasteiger partial charge in [0.05, 0.1) is 11.1 Å². The van der Waals surface area contributed by atoms with Crippen LogP contribution in [0, 0.1) is 0 Å². The summed E-state index contributed by atoms with van der Waals surface area (Å²) in [5.41, 5.74) is -0.238. The van der Waals surface area contributed by atoms with Crippen LogP contribution in [-0.4, -0.2) is 29.9 Å². The van der Waals surface area contributed by atoms with E-state index >= 15 is 0 Å². The predicted molar refractivity (Wildman–Crippen MR) is 64.7 cm³/mol. The van der Waals surface area contributed by atoms with Crippen molar-refractivity contribution < 1.29 is 28.7 Å². The van der Waals surface area contributed by atoms with Crippen molar-refractivity contribution in [2.45, 2.75) is 0 Å². The largest absolute Gasteiger partial charge is 0.392 e. The molecule has 0 bridgehead atoms. The maximum absolute atomic E-state index is 11.6. The molecular weight excluding hydrogens is 266 g/mol. The topological polar surface area (TPSA) is 99.6 Å². The Morgan fingerprint density at radius 2 is 1.65 bits per heavy atom. The highest BCUT2D eigenvalue weighted by molar-refractivity contribution is 6.06. The van der Waals surface area contributed by atoms with Crippen LogP contribution in [0.1, 0.15) is 20.8 Å². The number of hydrogen-bond acceptors (Lipinski definition) is 7. The molecule has 7 heteroatoms. The van der Waals surface area contributed by atoms with Crippen LogP contribution in [0.25, 0.3) is 10.9 Å². The average Bonchev–Trinajstić information content (AvgIpc) is 2.46. The van der Waals surface area contributed by atoms with E-state index in [1.165, 1.54) is 6.07 Å². The number of aromatic nitrogens is 1. The lowest BCUT2D eigenvalue weighted by molar-refractivity contribution is -0.125. The quantitative estimate of drug-likeness (QED) is 0.462. The summed E-state index contributed by atoms with van der Waals surface area (Å²) >= 11 is 0. The lowest BCUT2D eigenvalue weighted by atomic mass is 10.1. The van der Waals surface area contributed by atoms with E-state index in [1.54, 1.807) is 24.3 Å². The van der Waals surface area contributed by atoms with Crippen molar-refractivity contribution in [2.75, 3.05) is 0 Å². The van der Waals surface area contributed by atoms with Gasteiger partial charge in [-0.25, -0.2) is 14.6 Å². The molecule has 0 saturated carbocycles. The van der Waals surface area contributed by atoms with Crippen molar-refractivity contribution in [3.8, 4) is 0 Å². The number of nitrogens with zero attached hydrogens (tertiary/aromatic N) is 1. The average molecular weight is 273 g/mol. The van der Waals surface area contributed by atoms with Crippen molar-refractivity contribution >= 4 is 35.8 Å². The van der Waals surface area contributed by atoms with Crippen molar-refractivity contribution in [1.29, 1.82) is 0 Å². The first-order chi connectivity index (χ1) is 9.67. The molecule has 1 aromatic carbocycles. The first-order valence-corrected chi connectivity index (χ1v) is 5.36. The molecule has 7 nitrogen and oxygen atoms in total. The highest BCUT2D eigenvalue weighted by Gasteiger charge is 2.22. The highest BCUT2D eigenvalue weighted by atomic mass is 16.6. The molecule has 0 fully saturated rings. The Hall–Kier alpha value is -3.09. The molecule has 0 unspecified atom stereocenters. The molecule has 0 radical (unpaired) electrons. The zero-order valence-electron chi connectivity index (χ0n) is 9.94. The first kappa shape index (κ1) is 13.3. The summed E-state index contributed by atoms with van der Waals surface area (Å²) in [6, 6.07) is 8.00. The summed E-state index contributed by atoms with van der Waals surface area (Å²) in [6.45, 7) is -0.138. The zero-order valence-corrected chi connectivity index (χ0v) is 9.94. The van der Waals surface area contributed by atoms with E-state index in [2.05, 4.69) is 14.5 Å². The number of ether oxygens (including phenoxy) is 2. The van der Waals surface area contributed by atoms with Gasteiger partial charge in [-0.2, -0.15) is 0 Å². The number of pyridine rings is 1. The fourth-order valence-corrected chi connectivity index (χ4v) is 1.63. The molecule has 0 saturated heterocycles. The summed E-state index contributed by atoms with van der Waals surface area (Å²) in [7, 11) is 0. The summed E-state index contributed by atoms with van der Waals surface area (Å²) in [5.74, 6) is -2.17. The van der Waals surface area contributed by atoms with Gasteiger partial charge in [-0.05, 0) is 12.1 Å². The Balaban J connectivity index is 2.63. The first-order valence-electron chi connectivity index (χ1n) is 5.36. The number of esters is 2. The minimum Gasteiger partial charge on any atom is -0.392 e.